The van der Waals surface area contributed by atoms with Gasteiger partial charge < -0.3 is 15.6 Å². The molecular formula is C18H21N7O2S. The van der Waals surface area contributed by atoms with Crippen LogP contribution in [0.5, 0.6) is 0 Å². The predicted molar refractivity (Wildman–Crippen MR) is 110 cm³/mol. The average molecular weight is 399 g/mol. The molecule has 0 bridgehead atoms. The van der Waals surface area contributed by atoms with Gasteiger partial charge in [0, 0.05) is 5.69 Å². The molecule has 0 spiro atoms. The van der Waals surface area contributed by atoms with Gasteiger partial charge in [0.25, 0.3) is 5.95 Å². The highest BCUT2D eigenvalue weighted by Crippen LogP contribution is 2.19. The van der Waals surface area contributed by atoms with Crippen molar-refractivity contribution in [3.8, 4) is 0 Å². The van der Waals surface area contributed by atoms with E-state index in [-0.39, 0.29) is 17.6 Å². The van der Waals surface area contributed by atoms with E-state index < -0.39 is 0 Å². The molecule has 3 rings (SSSR count). The van der Waals surface area contributed by atoms with E-state index in [4.69, 9.17) is 10.3 Å². The van der Waals surface area contributed by atoms with E-state index in [0.29, 0.717) is 10.9 Å². The number of amides is 1. The molecule has 0 saturated carbocycles. The molecule has 146 valence electrons. The Kier molecular flexibility index (Phi) is 5.99. The summed E-state index contributed by atoms with van der Waals surface area (Å²) in [5.74, 6) is 7.59. The Hall–Kier alpha value is -3.27. The minimum atomic E-state index is -0.151. The Labute approximate surface area is 166 Å². The number of benzene rings is 1. The van der Waals surface area contributed by atoms with Crippen molar-refractivity contribution in [3.63, 3.8) is 0 Å². The fraction of sp³-hybridized carbons (Fsp3) is 0.222. The Balaban J connectivity index is 1.54. The van der Waals surface area contributed by atoms with Crippen LogP contribution in [0.15, 0.2) is 45.0 Å². The number of nitrogens with two attached hydrogens (primary N) is 1. The van der Waals surface area contributed by atoms with E-state index in [1.807, 2.05) is 45.0 Å². The van der Waals surface area contributed by atoms with Crippen molar-refractivity contribution in [2.75, 3.05) is 22.3 Å². The molecule has 0 atom stereocenters. The predicted octanol–water partition coefficient (Wildman–Crippen LogP) is 2.69. The Bertz CT molecular complexity index is 1010. The number of anilines is 2. The number of nitrogen functional groups attached to an aromatic ring is 1. The van der Waals surface area contributed by atoms with E-state index in [9.17, 15) is 4.79 Å². The number of aromatic nitrogens is 3. The van der Waals surface area contributed by atoms with Crippen LogP contribution >= 0.6 is 11.8 Å². The van der Waals surface area contributed by atoms with Crippen LogP contribution in [0.4, 0.5) is 11.6 Å². The average Bonchev–Trinajstić information content (AvgIpc) is 3.22. The molecule has 9 nitrogen and oxygen atoms in total. The summed E-state index contributed by atoms with van der Waals surface area (Å²) in [6, 6.07) is 9.54. The normalized spacial score (nSPS) is 11.1. The Morgan fingerprint density at radius 3 is 2.86 bits per heavy atom. The zero-order valence-corrected chi connectivity index (χ0v) is 16.6. The third-order valence-corrected chi connectivity index (χ3v) is 4.72. The molecule has 0 aliphatic heterocycles. The Morgan fingerprint density at radius 1 is 1.29 bits per heavy atom. The number of carbonyl (C=O) groups excluding carboxylic acids is 1. The summed E-state index contributed by atoms with van der Waals surface area (Å²) in [6.07, 6.45) is 1.51. The first kappa shape index (κ1) is 19.5. The molecule has 1 amide bonds. The van der Waals surface area contributed by atoms with Gasteiger partial charge in [-0.15, -0.1) is 10.2 Å². The highest BCUT2D eigenvalue weighted by Gasteiger charge is 2.12. The number of hydrogen-bond acceptors (Lipinski definition) is 8. The van der Waals surface area contributed by atoms with Crippen LogP contribution in [0.2, 0.25) is 0 Å². The van der Waals surface area contributed by atoms with Crippen LogP contribution < -0.4 is 16.6 Å². The van der Waals surface area contributed by atoms with Gasteiger partial charge in [-0.2, -0.15) is 5.10 Å². The van der Waals surface area contributed by atoms with Gasteiger partial charge in [0.05, 0.1) is 12.0 Å². The quantitative estimate of drug-likeness (QED) is 0.241. The number of nitrogens with zero attached hydrogens (tertiary/aromatic N) is 4. The fourth-order valence-corrected chi connectivity index (χ4v) is 2.97. The molecule has 28 heavy (non-hydrogen) atoms. The van der Waals surface area contributed by atoms with Crippen molar-refractivity contribution in [1.29, 1.82) is 0 Å². The van der Waals surface area contributed by atoms with Crippen LogP contribution in [0.3, 0.4) is 0 Å². The minimum absolute atomic E-state index is 0.150. The zero-order valence-electron chi connectivity index (χ0n) is 15.8. The number of rotatable bonds is 7. The minimum Gasteiger partial charge on any atom is -0.460 e. The molecule has 3 aromatic rings. The first-order valence-electron chi connectivity index (χ1n) is 8.48. The number of hydrazone groups is 1. The number of thioether (sulfide) groups is 1. The number of furan rings is 1. The van der Waals surface area contributed by atoms with Crippen LogP contribution in [0, 0.1) is 20.8 Å². The highest BCUT2D eigenvalue weighted by molar-refractivity contribution is 7.99. The van der Waals surface area contributed by atoms with Gasteiger partial charge in [-0.05, 0) is 50.1 Å². The summed E-state index contributed by atoms with van der Waals surface area (Å²) in [7, 11) is 0. The molecular weight excluding hydrogens is 378 g/mol. The first-order chi connectivity index (χ1) is 13.4. The van der Waals surface area contributed by atoms with Crippen LogP contribution in [0.25, 0.3) is 0 Å². The van der Waals surface area contributed by atoms with E-state index >= 15 is 0 Å². The fourth-order valence-electron chi connectivity index (χ4n) is 2.32. The smallest absolute Gasteiger partial charge is 0.264 e. The number of hydrogen-bond donors (Lipinski definition) is 3. The summed E-state index contributed by atoms with van der Waals surface area (Å²) in [4.78, 5) is 12.2. The van der Waals surface area contributed by atoms with Gasteiger partial charge >= 0.3 is 0 Å². The monoisotopic (exact) mass is 399 g/mol. The lowest BCUT2D eigenvalue weighted by Gasteiger charge is -2.09. The van der Waals surface area contributed by atoms with Gasteiger partial charge in [-0.25, -0.2) is 10.1 Å². The maximum Gasteiger partial charge on any atom is 0.264 e. The molecule has 4 N–H and O–H groups in total. The lowest BCUT2D eigenvalue weighted by Crippen LogP contribution is -2.17. The summed E-state index contributed by atoms with van der Waals surface area (Å²) in [5, 5.41) is 15.2. The number of nitrogens with one attached hydrogen (secondary N) is 2. The molecule has 0 radical (unpaired) electrons. The molecule has 0 unspecified atom stereocenters. The number of aryl methyl sites for hydroxylation is 3. The molecule has 0 saturated heterocycles. The van der Waals surface area contributed by atoms with E-state index in [1.165, 1.54) is 22.7 Å². The van der Waals surface area contributed by atoms with Crippen molar-refractivity contribution in [2.24, 2.45) is 5.10 Å². The van der Waals surface area contributed by atoms with Gasteiger partial charge in [0.15, 0.2) is 0 Å². The first-order valence-corrected chi connectivity index (χ1v) is 9.47. The van der Waals surface area contributed by atoms with Crippen molar-refractivity contribution in [2.45, 2.75) is 25.9 Å². The standard InChI is InChI=1S/C18H21N7O2S/c1-11-4-5-12(2)15(8-11)21-16(26)10-28-18-24-23-17(25(18)19)22-20-9-14-7-6-13(3)27-14/h4-9H,10,19H2,1-3H3,(H,21,26)(H,22,23)/b20-9+. The van der Waals surface area contributed by atoms with Crippen molar-refractivity contribution in [1.82, 2.24) is 14.9 Å². The SMILES string of the molecule is Cc1ccc(C)c(NC(=O)CSc2nnc(N/N=C/c3ccc(C)o3)n2N)c1. The topological polar surface area (TPSA) is 123 Å². The highest BCUT2D eigenvalue weighted by atomic mass is 32.2. The van der Waals surface area contributed by atoms with Crippen LogP contribution in [-0.2, 0) is 4.79 Å². The molecule has 1 aromatic carbocycles. The third-order valence-electron chi connectivity index (χ3n) is 3.78. The molecule has 0 aliphatic carbocycles. The van der Waals surface area contributed by atoms with Gasteiger partial charge in [0.1, 0.15) is 11.5 Å². The largest absolute Gasteiger partial charge is 0.460 e. The lowest BCUT2D eigenvalue weighted by atomic mass is 10.1. The summed E-state index contributed by atoms with van der Waals surface area (Å²) >= 11 is 1.18. The molecule has 2 heterocycles. The molecule has 0 fully saturated rings. The summed E-state index contributed by atoms with van der Waals surface area (Å²) in [6.45, 7) is 5.77. The van der Waals surface area contributed by atoms with E-state index in [1.54, 1.807) is 6.07 Å². The second-order valence-electron chi connectivity index (χ2n) is 6.15. The number of carbonyl (C=O) groups is 1. The second kappa shape index (κ2) is 8.61. The second-order valence-corrected chi connectivity index (χ2v) is 7.09. The molecule has 2 aromatic heterocycles. The van der Waals surface area contributed by atoms with Crippen molar-refractivity contribution >= 4 is 35.5 Å². The summed E-state index contributed by atoms with van der Waals surface area (Å²) < 4.78 is 6.61. The third kappa shape index (κ3) is 4.92. The van der Waals surface area contributed by atoms with E-state index in [0.717, 1.165) is 22.6 Å². The van der Waals surface area contributed by atoms with Crippen molar-refractivity contribution < 1.29 is 9.21 Å². The van der Waals surface area contributed by atoms with Crippen molar-refractivity contribution in [3.05, 3.63) is 53.0 Å². The summed E-state index contributed by atoms with van der Waals surface area (Å²) in [5.41, 5.74) is 5.57. The molecule has 10 heteroatoms. The maximum absolute atomic E-state index is 12.2. The van der Waals surface area contributed by atoms with Crippen LogP contribution in [0.1, 0.15) is 22.6 Å². The van der Waals surface area contributed by atoms with Crippen LogP contribution in [-0.4, -0.2) is 32.7 Å². The maximum atomic E-state index is 12.2. The van der Waals surface area contributed by atoms with E-state index in [2.05, 4.69) is 26.0 Å². The lowest BCUT2D eigenvalue weighted by molar-refractivity contribution is -0.113. The molecule has 0 aliphatic rings. The van der Waals surface area contributed by atoms with Gasteiger partial charge in [-0.1, -0.05) is 23.9 Å². The zero-order chi connectivity index (χ0) is 20.1. The van der Waals surface area contributed by atoms with Gasteiger partial charge in [0.2, 0.25) is 11.1 Å². The van der Waals surface area contributed by atoms with Gasteiger partial charge in [-0.3, -0.25) is 4.79 Å². The Morgan fingerprint density at radius 2 is 2.11 bits per heavy atom.